The molecule has 158 valence electrons. The van der Waals surface area contributed by atoms with E-state index >= 15 is 0 Å². The molecule has 8 nitrogen and oxygen atoms in total. The van der Waals surface area contributed by atoms with Crippen molar-refractivity contribution >= 4 is 50.3 Å². The number of esters is 1. The quantitative estimate of drug-likeness (QED) is 0.411. The zero-order valence-electron chi connectivity index (χ0n) is 16.4. The number of ether oxygens (including phenoxy) is 1. The molecule has 0 aliphatic carbocycles. The van der Waals surface area contributed by atoms with Crippen LogP contribution in [0.4, 0.5) is 5.69 Å². The summed E-state index contributed by atoms with van der Waals surface area (Å²) in [4.78, 5) is 28.3. The number of nitrogens with zero attached hydrogens (tertiary/aromatic N) is 1. The molecule has 30 heavy (non-hydrogen) atoms. The zero-order chi connectivity index (χ0) is 21.7. The van der Waals surface area contributed by atoms with Crippen LogP contribution in [0.3, 0.4) is 0 Å². The number of thioether (sulfide) groups is 1. The highest BCUT2D eigenvalue weighted by Gasteiger charge is 2.15. The van der Waals surface area contributed by atoms with Gasteiger partial charge in [0, 0.05) is 5.69 Å². The molecule has 0 spiro atoms. The predicted octanol–water partition coefficient (Wildman–Crippen LogP) is 3.53. The molecule has 1 aromatic heterocycles. The van der Waals surface area contributed by atoms with E-state index in [4.69, 9.17) is 9.15 Å². The van der Waals surface area contributed by atoms with E-state index in [9.17, 15) is 18.0 Å². The van der Waals surface area contributed by atoms with E-state index in [0.717, 1.165) is 11.8 Å². The highest BCUT2D eigenvalue weighted by atomic mass is 32.2. The van der Waals surface area contributed by atoms with Gasteiger partial charge in [0.1, 0.15) is 5.52 Å². The molecule has 0 unspecified atom stereocenters. The molecule has 0 saturated carbocycles. The van der Waals surface area contributed by atoms with Gasteiger partial charge in [-0.15, -0.1) is 0 Å². The second-order valence-corrected chi connectivity index (χ2v) is 9.35. The normalized spacial score (nSPS) is 11.4. The Labute approximate surface area is 177 Å². The SMILES string of the molecule is CCOC(=O)c1ccc(NC(=O)CSc2nc3cc(S(=O)(=O)CC)ccc3o2)cc1. The lowest BCUT2D eigenvalue weighted by Gasteiger charge is -2.05. The summed E-state index contributed by atoms with van der Waals surface area (Å²) in [5.74, 6) is -0.650. The first kappa shape index (κ1) is 21.8. The summed E-state index contributed by atoms with van der Waals surface area (Å²) in [7, 11) is -3.33. The number of aromatic nitrogens is 1. The van der Waals surface area contributed by atoms with Crippen LogP contribution in [0.15, 0.2) is 57.0 Å². The summed E-state index contributed by atoms with van der Waals surface area (Å²) in [6, 6.07) is 10.9. The Morgan fingerprint density at radius 3 is 2.53 bits per heavy atom. The second-order valence-electron chi connectivity index (χ2n) is 6.15. The lowest BCUT2D eigenvalue weighted by Crippen LogP contribution is -2.14. The van der Waals surface area contributed by atoms with Crippen molar-refractivity contribution in [3.63, 3.8) is 0 Å². The monoisotopic (exact) mass is 448 g/mol. The van der Waals surface area contributed by atoms with E-state index < -0.39 is 15.8 Å². The van der Waals surface area contributed by atoms with E-state index in [0.29, 0.717) is 29.0 Å². The first-order chi connectivity index (χ1) is 14.3. The molecule has 0 fully saturated rings. The Bertz CT molecular complexity index is 1170. The molecular formula is C20H20N2O6S2. The Morgan fingerprint density at radius 1 is 1.13 bits per heavy atom. The van der Waals surface area contributed by atoms with E-state index in [1.54, 1.807) is 44.2 Å². The number of fused-ring (bicyclic) bond motifs is 1. The largest absolute Gasteiger partial charge is 0.462 e. The molecule has 3 rings (SSSR count). The maximum atomic E-state index is 12.2. The number of oxazole rings is 1. The molecule has 0 atom stereocenters. The summed E-state index contributed by atoms with van der Waals surface area (Å²) < 4.78 is 34.5. The van der Waals surface area contributed by atoms with Gasteiger partial charge < -0.3 is 14.5 Å². The van der Waals surface area contributed by atoms with Crippen molar-refractivity contribution in [2.24, 2.45) is 0 Å². The van der Waals surface area contributed by atoms with E-state index in [2.05, 4.69) is 10.3 Å². The summed E-state index contributed by atoms with van der Waals surface area (Å²) >= 11 is 1.09. The van der Waals surface area contributed by atoms with Crippen LogP contribution in [0.2, 0.25) is 0 Å². The number of carbonyl (C=O) groups excluding carboxylic acids is 2. The molecule has 0 bridgehead atoms. The fourth-order valence-corrected chi connectivity index (χ4v) is 4.07. The third-order valence-electron chi connectivity index (χ3n) is 4.09. The number of nitrogens with one attached hydrogen (secondary N) is 1. The number of hydrogen-bond donors (Lipinski definition) is 1. The molecule has 3 aromatic rings. The first-order valence-corrected chi connectivity index (χ1v) is 11.8. The molecule has 0 saturated heterocycles. The topological polar surface area (TPSA) is 116 Å². The van der Waals surface area contributed by atoms with Crippen molar-refractivity contribution in [2.45, 2.75) is 24.0 Å². The number of hydrogen-bond acceptors (Lipinski definition) is 8. The maximum absolute atomic E-state index is 12.2. The van der Waals surface area contributed by atoms with Gasteiger partial charge in [0.05, 0.1) is 28.6 Å². The third-order valence-corrected chi connectivity index (χ3v) is 6.65. The molecule has 1 N–H and O–H groups in total. The lowest BCUT2D eigenvalue weighted by molar-refractivity contribution is -0.113. The third kappa shape index (κ3) is 5.19. The fourth-order valence-electron chi connectivity index (χ4n) is 2.54. The highest BCUT2D eigenvalue weighted by Crippen LogP contribution is 2.26. The van der Waals surface area contributed by atoms with Gasteiger partial charge >= 0.3 is 5.97 Å². The van der Waals surface area contributed by atoms with Crippen molar-refractivity contribution < 1.29 is 27.2 Å². The zero-order valence-corrected chi connectivity index (χ0v) is 18.0. The minimum absolute atomic E-state index is 0.00109. The van der Waals surface area contributed by atoms with Crippen molar-refractivity contribution in [2.75, 3.05) is 23.4 Å². The minimum Gasteiger partial charge on any atom is -0.462 e. The highest BCUT2D eigenvalue weighted by molar-refractivity contribution is 7.99. The van der Waals surface area contributed by atoms with Gasteiger partial charge in [0.25, 0.3) is 5.22 Å². The molecule has 10 heteroatoms. The molecule has 1 amide bonds. The van der Waals surface area contributed by atoms with Gasteiger partial charge in [-0.2, -0.15) is 0 Å². The maximum Gasteiger partial charge on any atom is 0.338 e. The summed E-state index contributed by atoms with van der Waals surface area (Å²) in [6.45, 7) is 3.60. The Morgan fingerprint density at radius 2 is 1.87 bits per heavy atom. The molecular weight excluding hydrogens is 428 g/mol. The molecule has 0 radical (unpaired) electrons. The Kier molecular flexibility index (Phi) is 6.78. The van der Waals surface area contributed by atoms with Crippen molar-refractivity contribution in [1.29, 1.82) is 0 Å². The van der Waals surface area contributed by atoms with Crippen molar-refractivity contribution in [3.8, 4) is 0 Å². The van der Waals surface area contributed by atoms with Crippen molar-refractivity contribution in [3.05, 3.63) is 48.0 Å². The van der Waals surface area contributed by atoms with E-state index in [-0.39, 0.29) is 27.5 Å². The van der Waals surface area contributed by atoms with Crippen LogP contribution in [0.1, 0.15) is 24.2 Å². The van der Waals surface area contributed by atoms with Crippen LogP contribution in [-0.4, -0.2) is 43.4 Å². The summed E-state index contributed by atoms with van der Waals surface area (Å²) in [6.07, 6.45) is 0. The molecule has 0 aliphatic heterocycles. The number of amides is 1. The van der Waals surface area contributed by atoms with Crippen LogP contribution < -0.4 is 5.32 Å². The van der Waals surface area contributed by atoms with Crippen LogP contribution in [0.5, 0.6) is 0 Å². The van der Waals surface area contributed by atoms with Crippen molar-refractivity contribution in [1.82, 2.24) is 4.98 Å². The van der Waals surface area contributed by atoms with Crippen LogP contribution in [-0.2, 0) is 19.4 Å². The minimum atomic E-state index is -3.33. The van der Waals surface area contributed by atoms with Gasteiger partial charge in [-0.3, -0.25) is 4.79 Å². The fraction of sp³-hybridized carbons (Fsp3) is 0.250. The molecule has 1 heterocycles. The lowest BCUT2D eigenvalue weighted by atomic mass is 10.2. The standard InChI is InChI=1S/C20H20N2O6S2/c1-3-27-19(24)13-5-7-14(8-6-13)21-18(23)12-29-20-22-16-11-15(30(25,26)4-2)9-10-17(16)28-20/h5-11H,3-4,12H2,1-2H3,(H,21,23). The van der Waals surface area contributed by atoms with E-state index in [1.165, 1.54) is 12.1 Å². The number of benzene rings is 2. The first-order valence-electron chi connectivity index (χ1n) is 9.15. The van der Waals surface area contributed by atoms with Gasteiger partial charge in [0.15, 0.2) is 15.4 Å². The van der Waals surface area contributed by atoms with Crippen LogP contribution in [0, 0.1) is 0 Å². The summed E-state index contributed by atoms with van der Waals surface area (Å²) in [5.41, 5.74) is 1.81. The Hall–Kier alpha value is -2.85. The Balaban J connectivity index is 1.60. The number of sulfone groups is 1. The van der Waals surface area contributed by atoms with Gasteiger partial charge in [-0.25, -0.2) is 18.2 Å². The average Bonchev–Trinajstić information content (AvgIpc) is 3.15. The average molecular weight is 449 g/mol. The number of rotatable bonds is 8. The van der Waals surface area contributed by atoms with Gasteiger partial charge in [0.2, 0.25) is 5.91 Å². The predicted molar refractivity (Wildman–Crippen MR) is 113 cm³/mol. The smallest absolute Gasteiger partial charge is 0.338 e. The number of anilines is 1. The molecule has 0 aliphatic rings. The second kappa shape index (κ2) is 9.31. The van der Waals surface area contributed by atoms with Crippen LogP contribution in [0.25, 0.3) is 11.1 Å². The van der Waals surface area contributed by atoms with Crippen LogP contribution >= 0.6 is 11.8 Å². The van der Waals surface area contributed by atoms with Gasteiger partial charge in [-0.1, -0.05) is 18.7 Å². The summed E-state index contributed by atoms with van der Waals surface area (Å²) in [5, 5.41) is 2.99. The van der Waals surface area contributed by atoms with Gasteiger partial charge in [-0.05, 0) is 49.4 Å². The number of carbonyl (C=O) groups is 2. The molecule has 2 aromatic carbocycles. The van der Waals surface area contributed by atoms with E-state index in [1.807, 2.05) is 0 Å².